The van der Waals surface area contributed by atoms with Crippen LogP contribution in [0.5, 0.6) is 0 Å². The topological polar surface area (TPSA) is 175 Å². The first-order chi connectivity index (χ1) is 9.76. The van der Waals surface area contributed by atoms with E-state index in [1.807, 2.05) is 0 Å². The highest BCUT2D eigenvalue weighted by atomic mass is 16.4. The molecule has 0 aromatic rings. The first-order valence-corrected chi connectivity index (χ1v) is 6.38. The van der Waals surface area contributed by atoms with Gasteiger partial charge < -0.3 is 41.1 Å². The minimum Gasteiger partial charge on any atom is -0.394 e. The van der Waals surface area contributed by atoms with Gasteiger partial charge in [0.15, 0.2) is 5.96 Å². The molecule has 0 saturated carbocycles. The van der Waals surface area contributed by atoms with Gasteiger partial charge in [0.25, 0.3) is 0 Å². The van der Waals surface area contributed by atoms with Gasteiger partial charge in [0, 0.05) is 7.05 Å². The Morgan fingerprint density at radius 2 is 1.57 bits per heavy atom. The highest BCUT2D eigenvalue weighted by Gasteiger charge is 2.49. The molecule has 10 heteroatoms. The van der Waals surface area contributed by atoms with Crippen LogP contribution in [0.1, 0.15) is 0 Å². The van der Waals surface area contributed by atoms with Crippen LogP contribution in [-0.4, -0.2) is 104 Å². The zero-order valence-corrected chi connectivity index (χ0v) is 11.6. The predicted molar refractivity (Wildman–Crippen MR) is 71.2 cm³/mol. The maximum Gasteiger partial charge on any atom is 0.243 e. The third-order valence-electron chi connectivity index (χ3n) is 3.65. The zero-order chi connectivity index (χ0) is 16.3. The Bertz CT molecular complexity index is 377. The summed E-state index contributed by atoms with van der Waals surface area (Å²) >= 11 is 0. The molecule has 1 rings (SSSR count). The fourth-order valence-electron chi connectivity index (χ4n) is 2.36. The van der Waals surface area contributed by atoms with Crippen molar-refractivity contribution in [2.75, 3.05) is 26.8 Å². The van der Waals surface area contributed by atoms with Gasteiger partial charge in [-0.1, -0.05) is 0 Å². The lowest BCUT2D eigenvalue weighted by Crippen LogP contribution is -2.70. The van der Waals surface area contributed by atoms with Gasteiger partial charge in [-0.3, -0.25) is 10.2 Å². The van der Waals surface area contributed by atoms with E-state index in [-0.39, 0.29) is 12.5 Å². The number of guanidine groups is 1. The SMILES string of the molecule is CN(CC(=O)N1[C@H](CO)[C@H](O)[C@@H](O)[C@H](O)[C@H]1CO)C(=N)N. The second-order valence-electron chi connectivity index (χ2n) is 5.01. The van der Waals surface area contributed by atoms with E-state index in [4.69, 9.17) is 11.1 Å². The second-order valence-corrected chi connectivity index (χ2v) is 5.01. The van der Waals surface area contributed by atoms with Crippen molar-refractivity contribution in [3.8, 4) is 0 Å². The molecule has 1 amide bonds. The molecule has 122 valence electrons. The minimum absolute atomic E-state index is 0.335. The Labute approximate surface area is 121 Å². The molecule has 1 fully saturated rings. The number of piperidine rings is 1. The van der Waals surface area contributed by atoms with Gasteiger partial charge in [0.2, 0.25) is 5.91 Å². The number of rotatable bonds is 4. The van der Waals surface area contributed by atoms with Crippen LogP contribution >= 0.6 is 0 Å². The van der Waals surface area contributed by atoms with Crippen molar-refractivity contribution in [3.63, 3.8) is 0 Å². The molecule has 5 atom stereocenters. The van der Waals surface area contributed by atoms with E-state index in [9.17, 15) is 30.3 Å². The van der Waals surface area contributed by atoms with E-state index in [0.717, 1.165) is 9.80 Å². The Hall–Kier alpha value is -1.46. The van der Waals surface area contributed by atoms with E-state index < -0.39 is 49.5 Å². The summed E-state index contributed by atoms with van der Waals surface area (Å²) < 4.78 is 0. The van der Waals surface area contributed by atoms with Gasteiger partial charge in [0.05, 0.1) is 31.8 Å². The van der Waals surface area contributed by atoms with E-state index >= 15 is 0 Å². The summed E-state index contributed by atoms with van der Waals surface area (Å²) in [6, 6.07) is -2.35. The molecule has 1 heterocycles. The smallest absolute Gasteiger partial charge is 0.243 e. The van der Waals surface area contributed by atoms with Gasteiger partial charge in [0.1, 0.15) is 18.3 Å². The van der Waals surface area contributed by atoms with E-state index in [1.165, 1.54) is 7.05 Å². The normalized spacial score (nSPS) is 32.9. The molecule has 1 saturated heterocycles. The van der Waals surface area contributed by atoms with Crippen LogP contribution in [0.3, 0.4) is 0 Å². The fraction of sp³-hybridized carbons (Fsp3) is 0.818. The average molecular weight is 306 g/mol. The van der Waals surface area contributed by atoms with Crippen molar-refractivity contribution in [1.29, 1.82) is 5.41 Å². The van der Waals surface area contributed by atoms with Crippen molar-refractivity contribution < 1.29 is 30.3 Å². The number of nitrogens with zero attached hydrogens (tertiary/aromatic N) is 2. The zero-order valence-electron chi connectivity index (χ0n) is 11.6. The van der Waals surface area contributed by atoms with Crippen LogP contribution in [0.2, 0.25) is 0 Å². The number of amides is 1. The number of hydrogen-bond donors (Lipinski definition) is 7. The molecule has 1 aliphatic rings. The third-order valence-corrected chi connectivity index (χ3v) is 3.65. The van der Waals surface area contributed by atoms with Crippen LogP contribution in [0.4, 0.5) is 0 Å². The quantitative estimate of drug-likeness (QED) is 0.201. The standard InChI is InChI=1S/C11H22N4O6/c1-14(11(12)13)2-7(18)15-5(3-16)8(19)10(21)9(20)6(15)4-17/h5-6,8-10,16-17,19-21H,2-4H2,1H3,(H3,12,13)/t5-,6-,8-,9+,10+/m1/s1. The van der Waals surface area contributed by atoms with Gasteiger partial charge in [-0.2, -0.15) is 0 Å². The first kappa shape index (κ1) is 17.6. The van der Waals surface area contributed by atoms with Crippen LogP contribution in [0.15, 0.2) is 0 Å². The van der Waals surface area contributed by atoms with Crippen molar-refractivity contribution in [2.45, 2.75) is 30.4 Å². The number of hydrogen-bond acceptors (Lipinski definition) is 7. The second kappa shape index (κ2) is 7.00. The summed E-state index contributed by atoms with van der Waals surface area (Å²) in [5.74, 6) is -1.02. The molecule has 0 unspecified atom stereocenters. The van der Waals surface area contributed by atoms with Gasteiger partial charge >= 0.3 is 0 Å². The maximum atomic E-state index is 12.3. The van der Waals surface area contributed by atoms with Gasteiger partial charge in [-0.05, 0) is 0 Å². The maximum absolute atomic E-state index is 12.3. The highest BCUT2D eigenvalue weighted by molar-refractivity contribution is 5.84. The predicted octanol–water partition coefficient (Wildman–Crippen LogP) is -4.54. The van der Waals surface area contributed by atoms with Crippen molar-refractivity contribution in [2.24, 2.45) is 5.73 Å². The molecule has 0 aromatic heterocycles. The fourth-order valence-corrected chi connectivity index (χ4v) is 2.36. The van der Waals surface area contributed by atoms with Crippen molar-refractivity contribution in [3.05, 3.63) is 0 Å². The average Bonchev–Trinajstić information content (AvgIpc) is 2.44. The van der Waals surface area contributed by atoms with Gasteiger partial charge in [-0.25, -0.2) is 0 Å². The molecule has 0 bridgehead atoms. The first-order valence-electron chi connectivity index (χ1n) is 6.38. The molecule has 8 N–H and O–H groups in total. The highest BCUT2D eigenvalue weighted by Crippen LogP contribution is 2.24. The van der Waals surface area contributed by atoms with Gasteiger partial charge in [-0.15, -0.1) is 0 Å². The van der Waals surface area contributed by atoms with Crippen LogP contribution in [-0.2, 0) is 4.79 Å². The van der Waals surface area contributed by atoms with Crippen LogP contribution < -0.4 is 5.73 Å². The van der Waals surface area contributed by atoms with E-state index in [2.05, 4.69) is 0 Å². The Morgan fingerprint density at radius 3 is 1.90 bits per heavy atom. The molecule has 0 spiro atoms. The number of aliphatic hydroxyl groups is 5. The summed E-state index contributed by atoms with van der Waals surface area (Å²) in [6.07, 6.45) is -4.70. The Kier molecular flexibility index (Phi) is 5.87. The summed E-state index contributed by atoms with van der Waals surface area (Å²) in [7, 11) is 1.40. The molecule has 21 heavy (non-hydrogen) atoms. The third kappa shape index (κ3) is 3.41. The Morgan fingerprint density at radius 1 is 1.14 bits per heavy atom. The van der Waals surface area contributed by atoms with Crippen LogP contribution in [0, 0.1) is 5.41 Å². The van der Waals surface area contributed by atoms with Crippen molar-refractivity contribution in [1.82, 2.24) is 9.80 Å². The number of carbonyl (C=O) groups is 1. The van der Waals surface area contributed by atoms with Crippen LogP contribution in [0.25, 0.3) is 0 Å². The molecule has 0 aromatic carbocycles. The number of nitrogens with two attached hydrogens (primary N) is 1. The van der Waals surface area contributed by atoms with Crippen molar-refractivity contribution >= 4 is 11.9 Å². The Balaban J connectivity index is 3.02. The minimum atomic E-state index is -1.59. The number of carbonyl (C=O) groups excluding carboxylic acids is 1. The summed E-state index contributed by atoms with van der Waals surface area (Å²) in [6.45, 7) is -1.65. The lowest BCUT2D eigenvalue weighted by atomic mass is 9.88. The number of likely N-dealkylation sites (tertiary alicyclic amines) is 1. The monoisotopic (exact) mass is 306 g/mol. The molecule has 10 nitrogen and oxygen atoms in total. The molecular formula is C11H22N4O6. The summed E-state index contributed by atoms with van der Waals surface area (Å²) in [5.41, 5.74) is 5.23. The molecule has 1 aliphatic heterocycles. The molecule has 0 aliphatic carbocycles. The summed E-state index contributed by atoms with van der Waals surface area (Å²) in [5, 5.41) is 55.3. The number of nitrogens with one attached hydrogen (secondary N) is 1. The van der Waals surface area contributed by atoms with E-state index in [0.29, 0.717) is 0 Å². The summed E-state index contributed by atoms with van der Waals surface area (Å²) in [4.78, 5) is 14.3. The lowest BCUT2D eigenvalue weighted by Gasteiger charge is -2.48. The number of aliphatic hydroxyl groups excluding tert-OH is 5. The number of likely N-dealkylation sites (N-methyl/N-ethyl adjacent to an activating group) is 1. The molecule has 0 radical (unpaired) electrons. The molecular weight excluding hydrogens is 284 g/mol. The lowest BCUT2D eigenvalue weighted by molar-refractivity contribution is -0.187. The van der Waals surface area contributed by atoms with E-state index in [1.54, 1.807) is 0 Å². The largest absolute Gasteiger partial charge is 0.394 e.